The van der Waals surface area contributed by atoms with Crippen LogP contribution in [0.4, 0.5) is 0 Å². The number of hydrogen-bond acceptors (Lipinski definition) is 4. The molecule has 0 aromatic carbocycles. The summed E-state index contributed by atoms with van der Waals surface area (Å²) in [6.45, 7) is 4.41. The van der Waals surface area contributed by atoms with Crippen molar-refractivity contribution in [3.05, 3.63) is 11.6 Å². The molecule has 0 aromatic rings. The average molecular weight is 260 g/mol. The summed E-state index contributed by atoms with van der Waals surface area (Å²) in [5.41, 5.74) is 1.03. The summed E-state index contributed by atoms with van der Waals surface area (Å²) in [7, 11) is -0.800. The molecule has 0 aliphatic heterocycles. The number of allylic oxidation sites excluding steroid dienone is 1. The van der Waals surface area contributed by atoms with Gasteiger partial charge in [0.15, 0.2) is 5.85 Å². The van der Waals surface area contributed by atoms with Crippen molar-refractivity contribution in [1.82, 2.24) is 0 Å². The van der Waals surface area contributed by atoms with E-state index in [1.807, 2.05) is 6.08 Å². The van der Waals surface area contributed by atoms with E-state index < -0.39 is 13.4 Å². The molecule has 0 aromatic heterocycles. The molecule has 0 heterocycles. The van der Waals surface area contributed by atoms with Gasteiger partial charge in [-0.25, -0.2) is 0 Å². The second-order valence-electron chi connectivity index (χ2n) is 5.53. The molecule has 3 atom stereocenters. The Kier molecular flexibility index (Phi) is 3.28. The van der Waals surface area contributed by atoms with Crippen molar-refractivity contribution >= 4 is 7.60 Å². The van der Waals surface area contributed by atoms with Crippen LogP contribution in [0.2, 0.25) is 0 Å². The molecule has 4 nitrogen and oxygen atoms in total. The van der Waals surface area contributed by atoms with Crippen LogP contribution in [0.25, 0.3) is 0 Å². The maximum Gasteiger partial charge on any atom is 0.362 e. The smallest absolute Gasteiger partial charge is 0.362 e. The second-order valence-corrected chi connectivity index (χ2v) is 7.82. The van der Waals surface area contributed by atoms with Gasteiger partial charge in [0.1, 0.15) is 0 Å². The molecule has 3 rings (SSSR count). The normalized spacial score (nSPS) is 32.6. The molecule has 3 aliphatic rings. The summed E-state index contributed by atoms with van der Waals surface area (Å²) in [6.07, 6.45) is 4.03. The number of aliphatic hydroxyl groups excluding tert-OH is 1. The zero-order valence-electron chi connectivity index (χ0n) is 10.8. The molecule has 0 radical (unpaired) electrons. The molecule has 5 heteroatoms. The maximum absolute atomic E-state index is 12.2. The van der Waals surface area contributed by atoms with E-state index in [2.05, 4.69) is 13.8 Å². The van der Waals surface area contributed by atoms with E-state index in [-0.39, 0.29) is 5.41 Å². The molecule has 98 valence electrons. The SMILES string of the molecule is COP(=O)(OC)[C@H](O)C1=CC[C@H]2C[C@@H]1C2(C)C. The molecule has 0 amide bonds. The molecule has 3 aliphatic carbocycles. The van der Waals surface area contributed by atoms with Gasteiger partial charge in [0.2, 0.25) is 0 Å². The van der Waals surface area contributed by atoms with Gasteiger partial charge in [-0.3, -0.25) is 4.57 Å². The van der Waals surface area contributed by atoms with Gasteiger partial charge in [-0.15, -0.1) is 0 Å². The fraction of sp³-hybridized carbons (Fsp3) is 0.833. The number of aliphatic hydroxyl groups is 1. The second kappa shape index (κ2) is 4.20. The van der Waals surface area contributed by atoms with Crippen LogP contribution in [-0.2, 0) is 13.6 Å². The van der Waals surface area contributed by atoms with Crippen LogP contribution < -0.4 is 0 Å². The van der Waals surface area contributed by atoms with Crippen molar-refractivity contribution in [2.75, 3.05) is 14.2 Å². The van der Waals surface area contributed by atoms with Crippen LogP contribution in [-0.4, -0.2) is 25.2 Å². The minimum atomic E-state index is -3.42. The van der Waals surface area contributed by atoms with E-state index in [9.17, 15) is 9.67 Å². The minimum Gasteiger partial charge on any atom is -0.376 e. The van der Waals surface area contributed by atoms with Gasteiger partial charge in [-0.2, -0.15) is 0 Å². The molecule has 1 N–H and O–H groups in total. The van der Waals surface area contributed by atoms with Gasteiger partial charge in [-0.1, -0.05) is 19.9 Å². The van der Waals surface area contributed by atoms with E-state index in [1.165, 1.54) is 14.2 Å². The monoisotopic (exact) mass is 260 g/mol. The van der Waals surface area contributed by atoms with E-state index >= 15 is 0 Å². The lowest BCUT2D eigenvalue weighted by atomic mass is 9.49. The zero-order chi connectivity index (χ0) is 12.8. The molecule has 17 heavy (non-hydrogen) atoms. The van der Waals surface area contributed by atoms with Crippen LogP contribution in [0.3, 0.4) is 0 Å². The Labute approximate surface area is 103 Å². The lowest BCUT2D eigenvalue weighted by molar-refractivity contribution is -0.0172. The van der Waals surface area contributed by atoms with Gasteiger partial charge < -0.3 is 14.2 Å². The van der Waals surface area contributed by atoms with Crippen LogP contribution in [0.1, 0.15) is 26.7 Å². The summed E-state index contributed by atoms with van der Waals surface area (Å²) < 4.78 is 21.9. The van der Waals surface area contributed by atoms with Gasteiger partial charge >= 0.3 is 7.60 Å². The van der Waals surface area contributed by atoms with Crippen molar-refractivity contribution in [2.45, 2.75) is 32.5 Å². The number of hydrogen-bond donors (Lipinski definition) is 1. The average Bonchev–Trinajstić information content (AvgIpc) is 2.36. The quantitative estimate of drug-likeness (QED) is 0.623. The largest absolute Gasteiger partial charge is 0.376 e. The Balaban J connectivity index is 2.24. The van der Waals surface area contributed by atoms with Crippen molar-refractivity contribution in [3.8, 4) is 0 Å². The summed E-state index contributed by atoms with van der Waals surface area (Å²) in [5.74, 6) is -0.133. The fourth-order valence-electron chi connectivity index (χ4n) is 3.14. The highest BCUT2D eigenvalue weighted by Crippen LogP contribution is 2.64. The fourth-order valence-corrected chi connectivity index (χ4v) is 4.34. The van der Waals surface area contributed by atoms with Crippen LogP contribution in [0.15, 0.2) is 11.6 Å². The Morgan fingerprint density at radius 3 is 2.47 bits per heavy atom. The van der Waals surface area contributed by atoms with Crippen molar-refractivity contribution in [1.29, 1.82) is 0 Å². The van der Waals surface area contributed by atoms with E-state index in [0.29, 0.717) is 11.8 Å². The Bertz CT molecular complexity index is 380. The third-order valence-electron chi connectivity index (χ3n) is 4.62. The highest BCUT2D eigenvalue weighted by Gasteiger charge is 2.54. The first-order chi connectivity index (χ1) is 7.86. The van der Waals surface area contributed by atoms with Gasteiger partial charge in [0.05, 0.1) is 0 Å². The maximum atomic E-state index is 12.2. The zero-order valence-corrected chi connectivity index (χ0v) is 11.7. The van der Waals surface area contributed by atoms with Crippen LogP contribution in [0, 0.1) is 17.3 Å². The van der Waals surface area contributed by atoms with E-state index in [1.54, 1.807) is 0 Å². The standard InChI is InChI=1S/C12H21O4P/c1-12(2)8-5-6-9(10(12)7-8)11(13)17(14,15-3)16-4/h6,8,10-11,13H,5,7H2,1-4H3/t8-,10-,11-/m0/s1. The summed E-state index contributed by atoms with van der Waals surface area (Å²) in [6, 6.07) is 0. The number of rotatable bonds is 4. The topological polar surface area (TPSA) is 55.8 Å². The molecule has 1 fully saturated rings. The lowest BCUT2D eigenvalue weighted by Gasteiger charge is -2.57. The first-order valence-electron chi connectivity index (χ1n) is 5.96. The third-order valence-corrected chi connectivity index (χ3v) is 6.53. The predicted octanol–water partition coefficient (Wildman–Crippen LogP) is 2.78. The molecule has 1 saturated carbocycles. The minimum absolute atomic E-state index is 0.192. The van der Waals surface area contributed by atoms with Crippen molar-refractivity contribution in [2.24, 2.45) is 17.3 Å². The first kappa shape index (κ1) is 13.3. The highest BCUT2D eigenvalue weighted by atomic mass is 31.2. The van der Waals surface area contributed by atoms with Crippen molar-refractivity contribution < 1.29 is 18.7 Å². The van der Waals surface area contributed by atoms with Crippen molar-refractivity contribution in [3.63, 3.8) is 0 Å². The summed E-state index contributed by atoms with van der Waals surface area (Å²) in [4.78, 5) is 0. The lowest BCUT2D eigenvalue weighted by Crippen LogP contribution is -2.50. The summed E-state index contributed by atoms with van der Waals surface area (Å²) >= 11 is 0. The molecule has 0 spiro atoms. The van der Waals surface area contributed by atoms with Gasteiger partial charge in [0, 0.05) is 14.2 Å². The Morgan fingerprint density at radius 2 is 2.06 bits per heavy atom. The Hall–Kier alpha value is -0.150. The van der Waals surface area contributed by atoms with Gasteiger partial charge in [0.25, 0.3) is 0 Å². The predicted molar refractivity (Wildman–Crippen MR) is 65.7 cm³/mol. The molecule has 0 unspecified atom stereocenters. The highest BCUT2D eigenvalue weighted by molar-refractivity contribution is 7.54. The summed E-state index contributed by atoms with van der Waals surface area (Å²) in [5, 5.41) is 10.2. The van der Waals surface area contributed by atoms with Gasteiger partial charge in [-0.05, 0) is 35.7 Å². The molecular formula is C12H21O4P. The van der Waals surface area contributed by atoms with E-state index in [4.69, 9.17) is 9.05 Å². The molecular weight excluding hydrogens is 239 g/mol. The first-order valence-corrected chi connectivity index (χ1v) is 7.57. The van der Waals surface area contributed by atoms with E-state index in [0.717, 1.165) is 18.4 Å². The molecule has 0 saturated heterocycles. The Morgan fingerprint density at radius 1 is 1.47 bits per heavy atom. The third kappa shape index (κ3) is 1.82. The molecule has 2 bridgehead atoms. The number of fused-ring (bicyclic) bond motifs is 1. The van der Waals surface area contributed by atoms with Crippen LogP contribution in [0.5, 0.6) is 0 Å². The van der Waals surface area contributed by atoms with Crippen LogP contribution >= 0.6 is 7.60 Å².